The van der Waals surface area contributed by atoms with E-state index in [1.807, 2.05) is 21.6 Å². The highest BCUT2D eigenvalue weighted by molar-refractivity contribution is 8.76. The van der Waals surface area contributed by atoms with Gasteiger partial charge in [0.1, 0.15) is 0 Å². The first kappa shape index (κ1) is 63.0. The van der Waals surface area contributed by atoms with Gasteiger partial charge in [0.05, 0.1) is 0 Å². The lowest BCUT2D eigenvalue weighted by molar-refractivity contribution is 0.0535. The van der Waals surface area contributed by atoms with Gasteiger partial charge in [-0.15, -0.1) is 0 Å². The summed E-state index contributed by atoms with van der Waals surface area (Å²) >= 11 is 0. The second-order valence-electron chi connectivity index (χ2n) is 22.4. The number of hydrogen-bond acceptors (Lipinski definition) is 5. The van der Waals surface area contributed by atoms with Gasteiger partial charge < -0.3 is 15.1 Å². The average molecular weight is 929 g/mol. The molecule has 0 unspecified atom stereocenters. The van der Waals surface area contributed by atoms with Crippen molar-refractivity contribution in [2.75, 3.05) is 51.8 Å². The number of unbranched alkanes of at least 4 members (excludes halogenated alkanes) is 14. The zero-order valence-electron chi connectivity index (χ0n) is 45.3. The van der Waals surface area contributed by atoms with Crippen molar-refractivity contribution in [2.24, 2.45) is 22.2 Å². The summed E-state index contributed by atoms with van der Waals surface area (Å²) in [7, 11) is 8.30. The smallest absolute Gasteiger partial charge is 0.0271 e. The molecule has 0 radical (unpaired) electrons. The normalized spacial score (nSPS) is 12.5. The van der Waals surface area contributed by atoms with Crippen LogP contribution in [-0.2, 0) is 0 Å². The van der Waals surface area contributed by atoms with Crippen LogP contribution in [0.4, 0.5) is 0 Å². The Hall–Kier alpha value is -1.04. The minimum atomic E-state index is 0.0797. The molecule has 0 aliphatic heterocycles. The van der Waals surface area contributed by atoms with Gasteiger partial charge >= 0.3 is 0 Å². The molecule has 1 N–H and O–H groups in total. The summed E-state index contributed by atoms with van der Waals surface area (Å²) in [6, 6.07) is 0. The summed E-state index contributed by atoms with van der Waals surface area (Å²) < 4.78 is 0. The fourth-order valence-corrected chi connectivity index (χ4v) is 11.3. The van der Waals surface area contributed by atoms with Crippen LogP contribution in [0.3, 0.4) is 0 Å². The van der Waals surface area contributed by atoms with Crippen molar-refractivity contribution in [3.05, 3.63) is 61.0 Å². The zero-order chi connectivity index (χ0) is 48.1. The molecule has 0 aromatic heterocycles. The third kappa shape index (κ3) is 35.2. The molecule has 3 nitrogen and oxygen atoms in total. The fourth-order valence-electron chi connectivity index (χ4n) is 9.14. The summed E-state index contributed by atoms with van der Waals surface area (Å²) in [4.78, 5) is 4.93. The maximum Gasteiger partial charge on any atom is 0.0271 e. The molecule has 0 fully saturated rings. The third-order valence-electron chi connectivity index (χ3n) is 13.9. The molecule has 0 aromatic rings. The summed E-state index contributed by atoms with van der Waals surface area (Å²) in [6.45, 7) is 44.5. The van der Waals surface area contributed by atoms with Gasteiger partial charge in [0.25, 0.3) is 0 Å². The Kier molecular flexibility index (Phi) is 38.2. The summed E-state index contributed by atoms with van der Waals surface area (Å²) in [6.07, 6.45) is 40.8. The van der Waals surface area contributed by atoms with E-state index in [0.29, 0.717) is 0 Å². The topological polar surface area (TPSA) is 18.5 Å². The van der Waals surface area contributed by atoms with Crippen molar-refractivity contribution < 1.29 is 0 Å². The van der Waals surface area contributed by atoms with E-state index in [4.69, 9.17) is 13.2 Å². The number of allylic oxidation sites excluding steroid dienone is 6. The van der Waals surface area contributed by atoms with Crippen LogP contribution in [-0.4, -0.2) is 61.6 Å². The van der Waals surface area contributed by atoms with Crippen molar-refractivity contribution in [3.63, 3.8) is 0 Å². The average Bonchev–Trinajstić information content (AvgIpc) is 3.21. The molecule has 376 valence electrons. The SMILES string of the molecule is C=C(CC(CCCCCCCC)CCCCCCCC)CC(C)(C)CN(CC(C)(C)C(C)(C)CC(=C)CC/C=C\CCCCCC)C(=C)CCCSSCCCC(=C)NCCN(C)C. The molecule has 0 aliphatic carbocycles. The van der Waals surface area contributed by atoms with E-state index in [-0.39, 0.29) is 16.2 Å². The van der Waals surface area contributed by atoms with Gasteiger partial charge in [-0.2, -0.15) is 0 Å². The van der Waals surface area contributed by atoms with Crippen molar-refractivity contribution >= 4 is 21.6 Å². The lowest BCUT2D eigenvalue weighted by Crippen LogP contribution is -2.45. The van der Waals surface area contributed by atoms with Crippen molar-refractivity contribution in [1.29, 1.82) is 0 Å². The summed E-state index contributed by atoms with van der Waals surface area (Å²) in [5.41, 5.74) is 5.67. The zero-order valence-corrected chi connectivity index (χ0v) is 46.9. The van der Waals surface area contributed by atoms with Crippen molar-refractivity contribution in [3.8, 4) is 0 Å². The maximum atomic E-state index is 4.84. The summed E-state index contributed by atoms with van der Waals surface area (Å²) in [5.74, 6) is 3.13. The monoisotopic (exact) mass is 928 g/mol. The third-order valence-corrected chi connectivity index (χ3v) is 16.5. The quantitative estimate of drug-likeness (QED) is 0.0371. The predicted molar refractivity (Wildman–Crippen MR) is 300 cm³/mol. The first-order chi connectivity index (χ1) is 30.4. The van der Waals surface area contributed by atoms with Crippen LogP contribution in [0.1, 0.15) is 242 Å². The first-order valence-corrected chi connectivity index (χ1v) is 29.6. The molecule has 0 spiro atoms. The van der Waals surface area contributed by atoms with E-state index in [9.17, 15) is 0 Å². The highest BCUT2D eigenvalue weighted by Crippen LogP contribution is 2.45. The predicted octanol–water partition coefficient (Wildman–Crippen LogP) is 19.2. The minimum Gasteiger partial charge on any atom is -0.388 e. The molecule has 0 bridgehead atoms. The number of hydrogen-bond donors (Lipinski definition) is 1. The van der Waals surface area contributed by atoms with Crippen LogP contribution >= 0.6 is 21.6 Å². The van der Waals surface area contributed by atoms with Crippen LogP contribution < -0.4 is 5.32 Å². The lowest BCUT2D eigenvalue weighted by atomic mass is 9.64. The Morgan fingerprint density at radius 2 is 1.08 bits per heavy atom. The largest absolute Gasteiger partial charge is 0.388 e. The van der Waals surface area contributed by atoms with E-state index >= 15 is 0 Å². The maximum absolute atomic E-state index is 4.84. The second kappa shape index (κ2) is 38.9. The molecule has 0 rings (SSSR count). The van der Waals surface area contributed by atoms with Crippen LogP contribution in [0, 0.1) is 22.2 Å². The van der Waals surface area contributed by atoms with E-state index < -0.39 is 0 Å². The Labute approximate surface area is 411 Å². The van der Waals surface area contributed by atoms with E-state index in [1.54, 1.807) is 0 Å². The number of likely N-dealkylation sites (N-methyl/N-ethyl adjacent to an activating group) is 1. The van der Waals surface area contributed by atoms with Gasteiger partial charge in [0, 0.05) is 49.1 Å². The van der Waals surface area contributed by atoms with Crippen LogP contribution in [0.25, 0.3) is 0 Å². The summed E-state index contributed by atoms with van der Waals surface area (Å²) in [5, 5.41) is 3.49. The highest BCUT2D eigenvalue weighted by Gasteiger charge is 2.39. The molecule has 0 aliphatic rings. The van der Waals surface area contributed by atoms with Gasteiger partial charge in [-0.05, 0) is 107 Å². The van der Waals surface area contributed by atoms with Gasteiger partial charge in [-0.25, -0.2) is 0 Å². The molecular weight excluding hydrogens is 815 g/mol. The van der Waals surface area contributed by atoms with Crippen LogP contribution in [0.15, 0.2) is 61.0 Å². The van der Waals surface area contributed by atoms with E-state index in [1.165, 1.54) is 175 Å². The molecular formula is C59H113N3S2. The molecule has 5 heteroatoms. The Balaban J connectivity index is 5.69. The minimum absolute atomic E-state index is 0.0797. The Morgan fingerprint density at radius 1 is 0.562 bits per heavy atom. The van der Waals surface area contributed by atoms with E-state index in [2.05, 4.69) is 117 Å². The van der Waals surface area contributed by atoms with Crippen LogP contribution in [0.5, 0.6) is 0 Å². The molecule has 0 amide bonds. The molecule has 0 heterocycles. The van der Waals surface area contributed by atoms with Gasteiger partial charge in [0.2, 0.25) is 0 Å². The van der Waals surface area contributed by atoms with E-state index in [0.717, 1.165) is 70.6 Å². The number of nitrogens with zero attached hydrogens (tertiary/aromatic N) is 2. The van der Waals surface area contributed by atoms with Gasteiger partial charge in [-0.1, -0.05) is 243 Å². The Bertz CT molecular complexity index is 1200. The van der Waals surface area contributed by atoms with Gasteiger partial charge in [-0.3, -0.25) is 0 Å². The second-order valence-corrected chi connectivity index (χ2v) is 25.1. The van der Waals surface area contributed by atoms with Crippen molar-refractivity contribution in [2.45, 2.75) is 242 Å². The molecule has 0 aromatic carbocycles. The molecule has 0 atom stereocenters. The molecule has 0 saturated carbocycles. The van der Waals surface area contributed by atoms with Crippen molar-refractivity contribution in [1.82, 2.24) is 15.1 Å². The standard InChI is InChI=1S/C59H113N3S2/c1-16-19-22-25-28-29-30-33-38-52(4)49-58(10,11)59(12,13)51-62(55(7)40-37-46-64-63-45-36-39-54(6)60-43-44-61(14)15)50-57(8,9)48-53(5)47-56(41-34-31-26-23-20-17-2)42-35-32-27-24-21-18-3/h29-30,56,60H,4-7,16-28,31-51H2,1-3,8-15H3/b30-29-. The fraction of sp³-hybridized carbons (Fsp3) is 0.831. The molecule has 64 heavy (non-hydrogen) atoms. The van der Waals surface area contributed by atoms with Crippen LogP contribution in [0.2, 0.25) is 0 Å². The number of rotatable bonds is 47. The van der Waals surface area contributed by atoms with Gasteiger partial charge in [0.15, 0.2) is 0 Å². The number of nitrogens with one attached hydrogen (secondary N) is 1. The lowest BCUT2D eigenvalue weighted by Gasteiger charge is -2.48. The Morgan fingerprint density at radius 3 is 1.64 bits per heavy atom. The molecule has 0 saturated heterocycles. The first-order valence-electron chi connectivity index (χ1n) is 27.1. The highest BCUT2D eigenvalue weighted by atomic mass is 33.1.